The summed E-state index contributed by atoms with van der Waals surface area (Å²) in [6, 6.07) is 17.8. The Morgan fingerprint density at radius 2 is 1.96 bits per heavy atom. The van der Waals surface area contributed by atoms with Gasteiger partial charge >= 0.3 is 0 Å². The highest BCUT2D eigenvalue weighted by Crippen LogP contribution is 2.24. The molecule has 0 atom stereocenters. The third kappa shape index (κ3) is 3.70. The number of hydrazone groups is 1. The molecule has 0 radical (unpaired) electrons. The first-order valence-corrected chi connectivity index (χ1v) is 8.86. The van der Waals surface area contributed by atoms with Crippen molar-refractivity contribution in [3.05, 3.63) is 69.0 Å². The lowest BCUT2D eigenvalue weighted by atomic mass is 10.2. The van der Waals surface area contributed by atoms with E-state index in [2.05, 4.69) is 37.5 Å². The first kappa shape index (κ1) is 16.4. The molecule has 0 amide bonds. The van der Waals surface area contributed by atoms with E-state index in [-0.39, 0.29) is 5.71 Å². The van der Waals surface area contributed by atoms with Crippen LogP contribution >= 0.6 is 27.3 Å². The van der Waals surface area contributed by atoms with Crippen LogP contribution in [-0.2, 0) is 0 Å². The molecular weight excluding hydrogens is 384 g/mol. The molecule has 1 heterocycles. The molecule has 1 aromatic heterocycles. The van der Waals surface area contributed by atoms with Crippen LogP contribution in [-0.4, -0.2) is 10.7 Å². The van der Waals surface area contributed by atoms with Gasteiger partial charge in [0, 0.05) is 15.4 Å². The standard InChI is InChI=1S/C18H13BrN4S/c1-12-4-2-3-5-15(12)22-23-16(10-20)18-21-17(11-24-18)13-6-8-14(19)9-7-13/h2-9,11,22H,1H3/b23-16+. The smallest absolute Gasteiger partial charge is 0.196 e. The quantitative estimate of drug-likeness (QED) is 0.485. The Hall–Kier alpha value is -2.49. The molecule has 118 valence electrons. The van der Waals surface area contributed by atoms with E-state index in [1.54, 1.807) is 0 Å². The second kappa shape index (κ2) is 7.39. The van der Waals surface area contributed by atoms with Gasteiger partial charge in [0.25, 0.3) is 0 Å². The van der Waals surface area contributed by atoms with Gasteiger partial charge in [0.15, 0.2) is 10.7 Å². The summed E-state index contributed by atoms with van der Waals surface area (Å²) in [6.45, 7) is 1.99. The number of hydrogen-bond acceptors (Lipinski definition) is 5. The predicted octanol–water partition coefficient (Wildman–Crippen LogP) is 5.22. The van der Waals surface area contributed by atoms with E-state index in [4.69, 9.17) is 0 Å². The molecule has 2 aromatic carbocycles. The summed E-state index contributed by atoms with van der Waals surface area (Å²) in [5.41, 5.74) is 6.99. The number of halogens is 1. The van der Waals surface area contributed by atoms with Gasteiger partial charge in [-0.2, -0.15) is 10.4 Å². The van der Waals surface area contributed by atoms with Crippen molar-refractivity contribution in [1.29, 1.82) is 5.26 Å². The fourth-order valence-electron chi connectivity index (χ4n) is 2.07. The Kier molecular flexibility index (Phi) is 5.04. The zero-order chi connectivity index (χ0) is 16.9. The topological polar surface area (TPSA) is 61.1 Å². The molecular formula is C18H13BrN4S. The maximum absolute atomic E-state index is 9.38. The minimum atomic E-state index is 0.270. The second-order valence-electron chi connectivity index (χ2n) is 5.04. The van der Waals surface area contributed by atoms with Gasteiger partial charge in [-0.15, -0.1) is 11.3 Å². The first-order valence-electron chi connectivity index (χ1n) is 7.18. The Morgan fingerprint density at radius 1 is 1.21 bits per heavy atom. The van der Waals surface area contributed by atoms with E-state index < -0.39 is 0 Å². The second-order valence-corrected chi connectivity index (χ2v) is 6.82. The van der Waals surface area contributed by atoms with Crippen LogP contribution in [0.4, 0.5) is 5.69 Å². The predicted molar refractivity (Wildman–Crippen MR) is 102 cm³/mol. The van der Waals surface area contributed by atoms with Crippen LogP contribution in [0, 0.1) is 18.3 Å². The lowest BCUT2D eigenvalue weighted by molar-refractivity contribution is 1.28. The molecule has 0 aliphatic heterocycles. The number of thiazole rings is 1. The van der Waals surface area contributed by atoms with E-state index in [9.17, 15) is 5.26 Å². The molecule has 6 heteroatoms. The van der Waals surface area contributed by atoms with Crippen molar-refractivity contribution in [3.63, 3.8) is 0 Å². The molecule has 24 heavy (non-hydrogen) atoms. The minimum Gasteiger partial charge on any atom is -0.277 e. The van der Waals surface area contributed by atoms with E-state index in [0.717, 1.165) is 27.0 Å². The summed E-state index contributed by atoms with van der Waals surface area (Å²) in [7, 11) is 0. The number of aromatic nitrogens is 1. The van der Waals surface area contributed by atoms with Crippen LogP contribution in [0.5, 0.6) is 0 Å². The van der Waals surface area contributed by atoms with Crippen LogP contribution in [0.1, 0.15) is 10.6 Å². The monoisotopic (exact) mass is 396 g/mol. The molecule has 0 saturated carbocycles. The lowest BCUT2D eigenvalue weighted by Gasteiger charge is -2.03. The summed E-state index contributed by atoms with van der Waals surface area (Å²) in [4.78, 5) is 4.53. The molecule has 0 saturated heterocycles. The molecule has 0 fully saturated rings. The number of anilines is 1. The molecule has 4 nitrogen and oxygen atoms in total. The number of benzene rings is 2. The van der Waals surface area contributed by atoms with Crippen molar-refractivity contribution >= 4 is 38.7 Å². The normalized spacial score (nSPS) is 11.1. The Bertz CT molecular complexity index is 923. The van der Waals surface area contributed by atoms with Crippen LogP contribution in [0.15, 0.2) is 63.5 Å². The molecule has 3 aromatic rings. The number of nitrogens with zero attached hydrogens (tertiary/aromatic N) is 3. The molecule has 0 spiro atoms. The third-order valence-electron chi connectivity index (χ3n) is 3.39. The number of hydrogen-bond donors (Lipinski definition) is 1. The highest BCUT2D eigenvalue weighted by atomic mass is 79.9. The molecule has 1 N–H and O–H groups in total. The molecule has 0 unspecified atom stereocenters. The summed E-state index contributed by atoms with van der Waals surface area (Å²) in [5, 5.41) is 16.1. The van der Waals surface area contributed by atoms with Crippen molar-refractivity contribution in [1.82, 2.24) is 4.98 Å². The average molecular weight is 397 g/mol. The Labute approximate surface area is 152 Å². The van der Waals surface area contributed by atoms with Gasteiger partial charge in [-0.1, -0.05) is 46.3 Å². The Balaban J connectivity index is 1.84. The van der Waals surface area contributed by atoms with Gasteiger partial charge in [-0.25, -0.2) is 4.98 Å². The van der Waals surface area contributed by atoms with E-state index >= 15 is 0 Å². The van der Waals surface area contributed by atoms with Gasteiger partial charge in [0.2, 0.25) is 0 Å². The zero-order valence-corrected chi connectivity index (χ0v) is 15.2. The SMILES string of the molecule is Cc1ccccc1N/N=C(\C#N)c1nc(-c2ccc(Br)cc2)cs1. The van der Waals surface area contributed by atoms with Crippen LogP contribution in [0.2, 0.25) is 0 Å². The molecule has 0 aliphatic carbocycles. The van der Waals surface area contributed by atoms with Crippen molar-refractivity contribution in [2.75, 3.05) is 5.43 Å². The number of rotatable bonds is 4. The Morgan fingerprint density at radius 3 is 2.67 bits per heavy atom. The first-order chi connectivity index (χ1) is 11.7. The molecule has 0 aliphatic rings. The molecule has 3 rings (SSSR count). The average Bonchev–Trinajstić information content (AvgIpc) is 3.07. The van der Waals surface area contributed by atoms with Gasteiger partial charge in [-0.3, -0.25) is 5.43 Å². The van der Waals surface area contributed by atoms with Crippen LogP contribution < -0.4 is 5.43 Å². The third-order valence-corrected chi connectivity index (χ3v) is 4.76. The number of nitrogens with one attached hydrogen (secondary N) is 1. The van der Waals surface area contributed by atoms with Gasteiger partial charge in [-0.05, 0) is 30.7 Å². The minimum absolute atomic E-state index is 0.270. The largest absolute Gasteiger partial charge is 0.277 e. The number of nitriles is 1. The fourth-order valence-corrected chi connectivity index (χ4v) is 3.10. The number of aryl methyl sites for hydroxylation is 1. The van der Waals surface area contributed by atoms with Gasteiger partial charge in [0.1, 0.15) is 6.07 Å². The summed E-state index contributed by atoms with van der Waals surface area (Å²) < 4.78 is 1.02. The van der Waals surface area contributed by atoms with Gasteiger partial charge in [0.05, 0.1) is 11.4 Å². The van der Waals surface area contributed by atoms with Crippen molar-refractivity contribution in [2.24, 2.45) is 5.10 Å². The van der Waals surface area contributed by atoms with Crippen LogP contribution in [0.25, 0.3) is 11.3 Å². The summed E-state index contributed by atoms with van der Waals surface area (Å²) in [5.74, 6) is 0. The molecule has 0 bridgehead atoms. The van der Waals surface area contributed by atoms with Crippen molar-refractivity contribution < 1.29 is 0 Å². The maximum Gasteiger partial charge on any atom is 0.196 e. The number of para-hydroxylation sites is 1. The van der Waals surface area contributed by atoms with Crippen molar-refractivity contribution in [3.8, 4) is 17.3 Å². The highest BCUT2D eigenvalue weighted by molar-refractivity contribution is 9.10. The summed E-state index contributed by atoms with van der Waals surface area (Å²) in [6.07, 6.45) is 0. The summed E-state index contributed by atoms with van der Waals surface area (Å²) >= 11 is 4.82. The van der Waals surface area contributed by atoms with Crippen molar-refractivity contribution in [2.45, 2.75) is 6.92 Å². The van der Waals surface area contributed by atoms with Gasteiger partial charge < -0.3 is 0 Å². The highest BCUT2D eigenvalue weighted by Gasteiger charge is 2.10. The lowest BCUT2D eigenvalue weighted by Crippen LogP contribution is -2.02. The van der Waals surface area contributed by atoms with E-state index in [0.29, 0.717) is 5.01 Å². The zero-order valence-electron chi connectivity index (χ0n) is 12.8. The van der Waals surface area contributed by atoms with Crippen LogP contribution in [0.3, 0.4) is 0 Å². The maximum atomic E-state index is 9.38. The van der Waals surface area contributed by atoms with E-state index in [1.807, 2.05) is 60.8 Å². The van der Waals surface area contributed by atoms with E-state index in [1.165, 1.54) is 11.3 Å². The fraction of sp³-hybridized carbons (Fsp3) is 0.0556.